The second-order valence-corrected chi connectivity index (χ2v) is 6.98. The summed E-state index contributed by atoms with van der Waals surface area (Å²) in [7, 11) is 0. The Balaban J connectivity index is 1.57. The van der Waals surface area contributed by atoms with Crippen LogP contribution in [0.2, 0.25) is 0 Å². The molecule has 1 aromatic heterocycles. The zero-order valence-electron chi connectivity index (χ0n) is 14.3. The maximum absolute atomic E-state index is 12.1. The first-order valence-corrected chi connectivity index (χ1v) is 8.98. The third kappa shape index (κ3) is 4.57. The van der Waals surface area contributed by atoms with Crippen LogP contribution in [0.1, 0.15) is 23.4 Å². The van der Waals surface area contributed by atoms with Gasteiger partial charge >= 0.3 is 0 Å². The lowest BCUT2D eigenvalue weighted by atomic mass is 10.1. The van der Waals surface area contributed by atoms with E-state index in [9.17, 15) is 4.79 Å². The molecular formula is C20H20BrN3O. The van der Waals surface area contributed by atoms with Gasteiger partial charge in [-0.15, -0.1) is 0 Å². The van der Waals surface area contributed by atoms with E-state index in [1.54, 1.807) is 0 Å². The number of carbonyl (C=O) groups excluding carboxylic acids is 1. The Morgan fingerprint density at radius 1 is 1.08 bits per heavy atom. The maximum atomic E-state index is 12.1. The van der Waals surface area contributed by atoms with E-state index in [-0.39, 0.29) is 5.91 Å². The highest BCUT2D eigenvalue weighted by Crippen LogP contribution is 2.16. The number of benzene rings is 2. The molecule has 4 nitrogen and oxygen atoms in total. The lowest BCUT2D eigenvalue weighted by Crippen LogP contribution is -2.12. The van der Waals surface area contributed by atoms with E-state index in [1.165, 1.54) is 0 Å². The van der Waals surface area contributed by atoms with Gasteiger partial charge in [-0.05, 0) is 68.3 Å². The molecule has 0 bridgehead atoms. The molecule has 2 aromatic carbocycles. The van der Waals surface area contributed by atoms with E-state index < -0.39 is 0 Å². The third-order valence-corrected chi connectivity index (χ3v) is 4.49. The lowest BCUT2D eigenvalue weighted by Gasteiger charge is -2.07. The van der Waals surface area contributed by atoms with E-state index in [2.05, 4.69) is 44.5 Å². The minimum Gasteiger partial charge on any atom is -0.326 e. The molecule has 0 radical (unpaired) electrons. The number of aryl methyl sites for hydroxylation is 3. The molecule has 5 heteroatoms. The summed E-state index contributed by atoms with van der Waals surface area (Å²) in [5.74, 6) is 0.0185. The Bertz CT molecular complexity index is 867. The third-order valence-electron chi connectivity index (χ3n) is 3.96. The van der Waals surface area contributed by atoms with Crippen LogP contribution < -0.4 is 5.32 Å². The SMILES string of the molecule is Cc1cc(C)n(-c2ccc(CCC(=O)Nc3ccc(Br)cc3)cc2)n1. The second kappa shape index (κ2) is 7.66. The highest BCUT2D eigenvalue weighted by molar-refractivity contribution is 9.10. The Labute approximate surface area is 156 Å². The zero-order valence-corrected chi connectivity index (χ0v) is 15.9. The van der Waals surface area contributed by atoms with Gasteiger partial charge in [0.25, 0.3) is 0 Å². The highest BCUT2D eigenvalue weighted by atomic mass is 79.9. The molecule has 0 saturated heterocycles. The van der Waals surface area contributed by atoms with Crippen LogP contribution in [0.15, 0.2) is 59.1 Å². The van der Waals surface area contributed by atoms with Crippen LogP contribution in [0.3, 0.4) is 0 Å². The molecule has 0 saturated carbocycles. The lowest BCUT2D eigenvalue weighted by molar-refractivity contribution is -0.116. The largest absolute Gasteiger partial charge is 0.326 e. The summed E-state index contributed by atoms with van der Waals surface area (Å²) >= 11 is 3.38. The smallest absolute Gasteiger partial charge is 0.224 e. The molecule has 0 atom stereocenters. The monoisotopic (exact) mass is 397 g/mol. The number of rotatable bonds is 5. The summed E-state index contributed by atoms with van der Waals surface area (Å²) in [4.78, 5) is 12.1. The molecular weight excluding hydrogens is 378 g/mol. The van der Waals surface area contributed by atoms with Crippen LogP contribution in [0.25, 0.3) is 5.69 Å². The van der Waals surface area contributed by atoms with Crippen LogP contribution in [0.4, 0.5) is 5.69 Å². The Morgan fingerprint density at radius 3 is 2.36 bits per heavy atom. The minimum atomic E-state index is 0.0185. The number of hydrogen-bond acceptors (Lipinski definition) is 2. The summed E-state index contributed by atoms with van der Waals surface area (Å²) in [6, 6.07) is 17.8. The normalized spacial score (nSPS) is 10.7. The van der Waals surface area contributed by atoms with E-state index in [0.717, 1.165) is 32.8 Å². The first-order valence-electron chi connectivity index (χ1n) is 8.19. The van der Waals surface area contributed by atoms with Gasteiger partial charge in [-0.25, -0.2) is 4.68 Å². The molecule has 0 aliphatic rings. The van der Waals surface area contributed by atoms with Crippen LogP contribution in [-0.2, 0) is 11.2 Å². The van der Waals surface area contributed by atoms with Gasteiger partial charge in [0.15, 0.2) is 0 Å². The predicted octanol–water partition coefficient (Wildman–Crippen LogP) is 4.82. The molecule has 1 N–H and O–H groups in total. The molecule has 0 fully saturated rings. The minimum absolute atomic E-state index is 0.0185. The van der Waals surface area contributed by atoms with Gasteiger partial charge in [0, 0.05) is 22.3 Å². The molecule has 128 valence electrons. The van der Waals surface area contributed by atoms with E-state index in [0.29, 0.717) is 12.8 Å². The number of amides is 1. The fourth-order valence-electron chi connectivity index (χ4n) is 2.71. The van der Waals surface area contributed by atoms with E-state index in [1.807, 2.05) is 54.9 Å². The summed E-state index contributed by atoms with van der Waals surface area (Å²) in [5.41, 5.74) is 5.10. The first kappa shape index (κ1) is 17.4. The van der Waals surface area contributed by atoms with Gasteiger partial charge in [0.2, 0.25) is 5.91 Å². The number of hydrogen-bond donors (Lipinski definition) is 1. The van der Waals surface area contributed by atoms with Crippen molar-refractivity contribution in [3.05, 3.63) is 76.0 Å². The molecule has 0 aliphatic heterocycles. The van der Waals surface area contributed by atoms with Gasteiger partial charge < -0.3 is 5.32 Å². The highest BCUT2D eigenvalue weighted by Gasteiger charge is 2.06. The van der Waals surface area contributed by atoms with Gasteiger partial charge in [0.1, 0.15) is 0 Å². The molecule has 0 spiro atoms. The number of nitrogens with one attached hydrogen (secondary N) is 1. The zero-order chi connectivity index (χ0) is 17.8. The molecule has 1 amide bonds. The van der Waals surface area contributed by atoms with Crippen molar-refractivity contribution in [1.29, 1.82) is 0 Å². The number of aromatic nitrogens is 2. The average molecular weight is 398 g/mol. The van der Waals surface area contributed by atoms with Crippen molar-refractivity contribution in [3.8, 4) is 5.69 Å². The molecule has 3 aromatic rings. The van der Waals surface area contributed by atoms with Crippen molar-refractivity contribution >= 4 is 27.5 Å². The van der Waals surface area contributed by atoms with Gasteiger partial charge in [-0.3, -0.25) is 4.79 Å². The molecule has 3 rings (SSSR count). The number of carbonyl (C=O) groups is 1. The van der Waals surface area contributed by atoms with Crippen molar-refractivity contribution in [2.75, 3.05) is 5.32 Å². The number of halogens is 1. The Kier molecular flexibility index (Phi) is 5.34. The number of anilines is 1. The first-order chi connectivity index (χ1) is 12.0. The molecule has 0 aliphatic carbocycles. The molecule has 1 heterocycles. The molecule has 0 unspecified atom stereocenters. The fraction of sp³-hybridized carbons (Fsp3) is 0.200. The van der Waals surface area contributed by atoms with E-state index in [4.69, 9.17) is 0 Å². The number of nitrogens with zero attached hydrogens (tertiary/aromatic N) is 2. The van der Waals surface area contributed by atoms with Crippen molar-refractivity contribution in [2.24, 2.45) is 0 Å². The topological polar surface area (TPSA) is 46.9 Å². The summed E-state index contributed by atoms with van der Waals surface area (Å²) in [6.07, 6.45) is 1.16. The van der Waals surface area contributed by atoms with Crippen molar-refractivity contribution < 1.29 is 4.79 Å². The maximum Gasteiger partial charge on any atom is 0.224 e. The van der Waals surface area contributed by atoms with Crippen LogP contribution in [0, 0.1) is 13.8 Å². The van der Waals surface area contributed by atoms with Gasteiger partial charge in [-0.1, -0.05) is 28.1 Å². The Morgan fingerprint density at radius 2 is 1.76 bits per heavy atom. The quantitative estimate of drug-likeness (QED) is 0.670. The summed E-state index contributed by atoms with van der Waals surface area (Å²) in [5, 5.41) is 7.40. The van der Waals surface area contributed by atoms with Crippen molar-refractivity contribution in [3.63, 3.8) is 0 Å². The van der Waals surface area contributed by atoms with Crippen LogP contribution in [0.5, 0.6) is 0 Å². The predicted molar refractivity (Wildman–Crippen MR) is 104 cm³/mol. The van der Waals surface area contributed by atoms with E-state index >= 15 is 0 Å². The van der Waals surface area contributed by atoms with Crippen LogP contribution in [-0.4, -0.2) is 15.7 Å². The Hall–Kier alpha value is -2.40. The van der Waals surface area contributed by atoms with Gasteiger partial charge in [-0.2, -0.15) is 5.10 Å². The average Bonchev–Trinajstić information content (AvgIpc) is 2.94. The van der Waals surface area contributed by atoms with Gasteiger partial charge in [0.05, 0.1) is 11.4 Å². The second-order valence-electron chi connectivity index (χ2n) is 6.06. The van der Waals surface area contributed by atoms with Crippen LogP contribution >= 0.6 is 15.9 Å². The summed E-state index contributed by atoms with van der Waals surface area (Å²) < 4.78 is 2.92. The summed E-state index contributed by atoms with van der Waals surface area (Å²) in [6.45, 7) is 4.03. The standard InChI is InChI=1S/C20H20BrN3O/c1-14-13-15(2)24(23-14)19-10-3-16(4-11-19)5-12-20(25)22-18-8-6-17(21)7-9-18/h3-4,6-11,13H,5,12H2,1-2H3,(H,22,25). The molecule has 25 heavy (non-hydrogen) atoms. The fourth-order valence-corrected chi connectivity index (χ4v) is 2.97. The van der Waals surface area contributed by atoms with Crippen molar-refractivity contribution in [1.82, 2.24) is 9.78 Å². The van der Waals surface area contributed by atoms with Crippen molar-refractivity contribution in [2.45, 2.75) is 26.7 Å².